The number of para-hydroxylation sites is 2. The van der Waals surface area contributed by atoms with Crippen molar-refractivity contribution in [2.45, 2.75) is 0 Å². The van der Waals surface area contributed by atoms with E-state index in [4.69, 9.17) is 12.9 Å². The zero-order valence-corrected chi connectivity index (χ0v) is 21.1. The van der Waals surface area contributed by atoms with Crippen LogP contribution in [-0.2, 0) is 22.4 Å². The third-order valence-corrected chi connectivity index (χ3v) is 6.01. The lowest BCUT2D eigenvalue weighted by Gasteiger charge is -2.06. The van der Waals surface area contributed by atoms with Crippen molar-refractivity contribution in [2.24, 2.45) is 0 Å². The fraction of sp³-hybridized carbons (Fsp3) is 0.0345. The fourth-order valence-electron chi connectivity index (χ4n) is 3.54. The van der Waals surface area contributed by atoms with Crippen LogP contribution in [0.2, 0.25) is 0 Å². The molecule has 182 valence electrons. The van der Waals surface area contributed by atoms with Crippen LogP contribution in [0.25, 0.3) is 35.4 Å². The Bertz CT molecular complexity index is 1310. The van der Waals surface area contributed by atoms with Crippen molar-refractivity contribution in [3.8, 4) is 22.6 Å². The first-order valence-electron chi connectivity index (χ1n) is 11.0. The summed E-state index contributed by atoms with van der Waals surface area (Å²) in [5, 5.41) is 0. The maximum Gasteiger partial charge on any atom is 0.357 e. The quantitative estimate of drug-likeness (QED) is 0.194. The molecule has 0 aliphatic rings. The Morgan fingerprint density at radius 3 is 1.42 bits per heavy atom. The molecule has 4 rings (SSSR count). The van der Waals surface area contributed by atoms with E-state index in [1.54, 1.807) is 18.2 Å². The molecule has 0 spiro atoms. The number of hydrogen-bond donors (Lipinski definition) is 1. The van der Waals surface area contributed by atoms with Crippen molar-refractivity contribution < 1.29 is 21.3 Å². The monoisotopic (exact) mass is 516 g/mol. The largest absolute Gasteiger partial charge is 0.400 e. The van der Waals surface area contributed by atoms with Gasteiger partial charge in [0.25, 0.3) is 0 Å². The van der Waals surface area contributed by atoms with E-state index in [1.807, 2.05) is 91.0 Å². The first-order chi connectivity index (χ1) is 17.5. The molecule has 4 aromatic carbocycles. The highest BCUT2D eigenvalue weighted by molar-refractivity contribution is 7.79. The summed E-state index contributed by atoms with van der Waals surface area (Å²) < 4.78 is 41.7. The van der Waals surface area contributed by atoms with Crippen LogP contribution in [0, 0.1) is 0 Å². The zero-order chi connectivity index (χ0) is 25.3. The van der Waals surface area contributed by atoms with E-state index in [0.29, 0.717) is 17.1 Å². The molecule has 0 aliphatic heterocycles. The molecular weight excluding hydrogens is 492 g/mol. The van der Waals surface area contributed by atoms with Gasteiger partial charge in [0, 0.05) is 17.4 Å². The second-order valence-electron chi connectivity index (χ2n) is 7.77. The highest BCUT2D eigenvalue weighted by Gasteiger charge is 2.04. The summed E-state index contributed by atoms with van der Waals surface area (Å²) in [5.41, 5.74) is 5.79. The summed E-state index contributed by atoms with van der Waals surface area (Å²) in [7, 11) is 0. The Morgan fingerprint density at radius 2 is 1.00 bits per heavy atom. The summed E-state index contributed by atoms with van der Waals surface area (Å²) in [5.74, 6) is 0.927. The van der Waals surface area contributed by atoms with Gasteiger partial charge < -0.3 is 8.37 Å². The molecule has 0 aromatic heterocycles. The average molecular weight is 517 g/mol. The molecule has 1 N–H and O–H groups in total. The molecule has 0 amide bonds. The van der Waals surface area contributed by atoms with Crippen molar-refractivity contribution in [2.75, 3.05) is 6.26 Å². The normalized spacial score (nSPS) is 13.1. The number of benzene rings is 4. The molecule has 36 heavy (non-hydrogen) atoms. The number of hydrogen-bond acceptors (Lipinski definition) is 4. The van der Waals surface area contributed by atoms with Gasteiger partial charge in [-0.15, -0.1) is 0 Å². The smallest absolute Gasteiger partial charge is 0.357 e. The van der Waals surface area contributed by atoms with E-state index in [2.05, 4.69) is 12.1 Å². The first kappa shape index (κ1) is 25.3. The molecule has 0 saturated carbocycles. The van der Waals surface area contributed by atoms with Gasteiger partial charge in [-0.2, -0.15) is 4.21 Å². The summed E-state index contributed by atoms with van der Waals surface area (Å²) in [6.07, 6.45) is 9.21. The van der Waals surface area contributed by atoms with Crippen LogP contribution in [0.3, 0.4) is 0 Å². The van der Waals surface area contributed by atoms with Crippen LogP contribution in [0.15, 0.2) is 97.1 Å². The van der Waals surface area contributed by atoms with Crippen LogP contribution in [0.5, 0.6) is 11.5 Å². The molecule has 2 unspecified atom stereocenters. The topological polar surface area (TPSA) is 72.8 Å². The molecule has 7 heteroatoms. The van der Waals surface area contributed by atoms with Gasteiger partial charge in [0.05, 0.1) is 0 Å². The van der Waals surface area contributed by atoms with E-state index in [1.165, 1.54) is 6.26 Å². The van der Waals surface area contributed by atoms with E-state index in [0.717, 1.165) is 27.8 Å². The van der Waals surface area contributed by atoms with Gasteiger partial charge in [-0.25, -0.2) is 4.21 Å². The van der Waals surface area contributed by atoms with Crippen LogP contribution in [0.1, 0.15) is 22.3 Å². The molecule has 0 fully saturated rings. The lowest BCUT2D eigenvalue weighted by atomic mass is 10.0. The molecule has 5 nitrogen and oxygen atoms in total. The Labute approximate surface area is 215 Å². The molecular formula is C29H24O5S2. The van der Waals surface area contributed by atoms with Crippen molar-refractivity contribution in [1.82, 2.24) is 0 Å². The Kier molecular flexibility index (Phi) is 8.62. The second kappa shape index (κ2) is 12.3. The summed E-state index contributed by atoms with van der Waals surface area (Å²) in [6.45, 7) is 0. The van der Waals surface area contributed by atoms with E-state index < -0.39 is 22.4 Å². The standard InChI is InChI=1S/C29H24O5S2/c1-35(30)33-28-8-4-2-6-26(28)20-14-22-10-16-24(17-11-22)25-18-12-23(13-19-25)15-21-27-7-3-5-9-29(27)34-36(31)32/h2-21H,1H3,(H,31,32)/b20-14+,21-15+. The van der Waals surface area contributed by atoms with Crippen LogP contribution in [0.4, 0.5) is 0 Å². The predicted molar refractivity (Wildman–Crippen MR) is 149 cm³/mol. The van der Waals surface area contributed by atoms with E-state index in [9.17, 15) is 8.42 Å². The minimum atomic E-state index is -2.37. The van der Waals surface area contributed by atoms with Crippen molar-refractivity contribution in [3.05, 3.63) is 119 Å². The van der Waals surface area contributed by atoms with Gasteiger partial charge in [0.1, 0.15) is 11.5 Å². The molecule has 2 atom stereocenters. The summed E-state index contributed by atoms with van der Waals surface area (Å²) in [6, 6.07) is 30.9. The van der Waals surface area contributed by atoms with Crippen molar-refractivity contribution in [3.63, 3.8) is 0 Å². The lowest BCUT2D eigenvalue weighted by Crippen LogP contribution is -1.98. The fourth-order valence-corrected chi connectivity index (χ4v) is 4.25. The van der Waals surface area contributed by atoms with Gasteiger partial charge in [-0.05, 0) is 34.4 Å². The summed E-state index contributed by atoms with van der Waals surface area (Å²) >= 11 is -3.75. The number of rotatable bonds is 9. The van der Waals surface area contributed by atoms with Crippen LogP contribution in [-0.4, -0.2) is 19.2 Å². The highest BCUT2D eigenvalue weighted by Crippen LogP contribution is 2.25. The lowest BCUT2D eigenvalue weighted by molar-refractivity contribution is 0.457. The highest BCUT2D eigenvalue weighted by atomic mass is 32.2. The van der Waals surface area contributed by atoms with Crippen LogP contribution >= 0.6 is 0 Å². The maximum absolute atomic E-state index is 11.4. The Morgan fingerprint density at radius 1 is 0.583 bits per heavy atom. The zero-order valence-electron chi connectivity index (χ0n) is 19.4. The van der Waals surface area contributed by atoms with Crippen LogP contribution < -0.4 is 8.37 Å². The van der Waals surface area contributed by atoms with Gasteiger partial charge in [0.15, 0.2) is 0 Å². The second-order valence-corrected chi connectivity index (χ2v) is 9.34. The Balaban J connectivity index is 1.44. The molecule has 0 saturated heterocycles. The molecule has 0 bridgehead atoms. The Hall–Kier alpha value is -3.78. The van der Waals surface area contributed by atoms with Gasteiger partial charge in [-0.3, -0.25) is 4.55 Å². The predicted octanol–water partition coefficient (Wildman–Crippen LogP) is 6.88. The molecule has 0 aliphatic carbocycles. The van der Waals surface area contributed by atoms with Crippen molar-refractivity contribution in [1.29, 1.82) is 0 Å². The third-order valence-electron chi connectivity index (χ3n) is 5.27. The van der Waals surface area contributed by atoms with E-state index >= 15 is 0 Å². The minimum Gasteiger partial charge on any atom is -0.400 e. The van der Waals surface area contributed by atoms with Crippen molar-refractivity contribution >= 4 is 46.7 Å². The maximum atomic E-state index is 11.4. The molecule has 0 radical (unpaired) electrons. The van der Waals surface area contributed by atoms with Gasteiger partial charge in [-0.1, -0.05) is 109 Å². The van der Waals surface area contributed by atoms with Gasteiger partial charge in [0.2, 0.25) is 11.1 Å². The minimum absolute atomic E-state index is 0.344. The summed E-state index contributed by atoms with van der Waals surface area (Å²) in [4.78, 5) is 0. The molecule has 0 heterocycles. The first-order valence-corrected chi connectivity index (χ1v) is 13.5. The van der Waals surface area contributed by atoms with E-state index in [-0.39, 0.29) is 0 Å². The van der Waals surface area contributed by atoms with Gasteiger partial charge >= 0.3 is 11.4 Å². The third kappa shape index (κ3) is 7.11. The molecule has 4 aromatic rings. The SMILES string of the molecule is CS(=O)Oc1ccccc1/C=C/c1ccc(-c2ccc(/C=C/c3ccccc3OS(=O)O)cc2)cc1. The average Bonchev–Trinajstić information content (AvgIpc) is 2.88.